The molecule has 1 atom stereocenters. The van der Waals surface area contributed by atoms with Crippen molar-refractivity contribution in [1.82, 2.24) is 10.2 Å². The van der Waals surface area contributed by atoms with Gasteiger partial charge in [0.1, 0.15) is 0 Å². The standard InChI is InChI=1S/C17H28N2O/c1-15-6-8-16(9-7-15)14-19-11-4-3-5-17(19)13-18-10-12-20-2/h6-9,17-18H,3-5,10-14H2,1-2H3. The Morgan fingerprint density at radius 1 is 1.25 bits per heavy atom. The number of methoxy groups -OCH3 is 1. The van der Waals surface area contributed by atoms with Crippen LogP contribution in [0.15, 0.2) is 24.3 Å². The number of hydrogen-bond acceptors (Lipinski definition) is 3. The molecule has 1 aliphatic rings. The highest BCUT2D eigenvalue weighted by Crippen LogP contribution is 2.19. The molecule has 3 nitrogen and oxygen atoms in total. The molecule has 1 aromatic carbocycles. The van der Waals surface area contributed by atoms with Crippen molar-refractivity contribution < 1.29 is 4.74 Å². The van der Waals surface area contributed by atoms with E-state index in [1.54, 1.807) is 7.11 Å². The SMILES string of the molecule is COCCNCC1CCCCN1Cc1ccc(C)cc1. The summed E-state index contributed by atoms with van der Waals surface area (Å²) in [5.41, 5.74) is 2.77. The normalized spacial score (nSPS) is 20.2. The second-order valence-electron chi connectivity index (χ2n) is 5.80. The summed E-state index contributed by atoms with van der Waals surface area (Å²) < 4.78 is 5.09. The summed E-state index contributed by atoms with van der Waals surface area (Å²) in [4.78, 5) is 2.63. The van der Waals surface area contributed by atoms with Crippen molar-refractivity contribution >= 4 is 0 Å². The molecule has 1 saturated heterocycles. The average Bonchev–Trinajstić information content (AvgIpc) is 2.47. The Balaban J connectivity index is 1.84. The molecule has 0 amide bonds. The summed E-state index contributed by atoms with van der Waals surface area (Å²) in [5.74, 6) is 0. The quantitative estimate of drug-likeness (QED) is 0.775. The predicted molar refractivity (Wildman–Crippen MR) is 84.0 cm³/mol. The molecule has 20 heavy (non-hydrogen) atoms. The molecule has 1 heterocycles. The van der Waals surface area contributed by atoms with E-state index in [9.17, 15) is 0 Å². The third kappa shape index (κ3) is 4.89. The number of piperidine rings is 1. The van der Waals surface area contributed by atoms with Crippen LogP contribution >= 0.6 is 0 Å². The van der Waals surface area contributed by atoms with E-state index in [4.69, 9.17) is 4.74 Å². The lowest BCUT2D eigenvalue weighted by molar-refractivity contribution is 0.133. The summed E-state index contributed by atoms with van der Waals surface area (Å²) in [6, 6.07) is 9.62. The van der Waals surface area contributed by atoms with Crippen LogP contribution in [0.1, 0.15) is 30.4 Å². The van der Waals surface area contributed by atoms with Gasteiger partial charge < -0.3 is 10.1 Å². The third-order valence-electron chi connectivity index (χ3n) is 4.12. The molecule has 1 fully saturated rings. The van der Waals surface area contributed by atoms with Gasteiger partial charge in [-0.3, -0.25) is 4.90 Å². The molecule has 1 aliphatic heterocycles. The largest absolute Gasteiger partial charge is 0.383 e. The number of nitrogens with zero attached hydrogens (tertiary/aromatic N) is 1. The molecule has 0 aromatic heterocycles. The fourth-order valence-electron chi connectivity index (χ4n) is 2.87. The van der Waals surface area contributed by atoms with Gasteiger partial charge in [0.2, 0.25) is 0 Å². The van der Waals surface area contributed by atoms with Crippen LogP contribution in [0, 0.1) is 6.92 Å². The number of hydrogen-bond donors (Lipinski definition) is 1. The van der Waals surface area contributed by atoms with E-state index < -0.39 is 0 Å². The lowest BCUT2D eigenvalue weighted by Gasteiger charge is -2.36. The Kier molecular flexibility index (Phi) is 6.51. The van der Waals surface area contributed by atoms with Crippen molar-refractivity contribution in [1.29, 1.82) is 0 Å². The average molecular weight is 276 g/mol. The summed E-state index contributed by atoms with van der Waals surface area (Å²) in [7, 11) is 1.76. The molecule has 0 aliphatic carbocycles. The maximum atomic E-state index is 5.09. The van der Waals surface area contributed by atoms with Gasteiger partial charge in [0, 0.05) is 32.8 Å². The molecular formula is C17H28N2O. The van der Waals surface area contributed by atoms with Crippen LogP contribution in [-0.2, 0) is 11.3 Å². The second-order valence-corrected chi connectivity index (χ2v) is 5.80. The van der Waals surface area contributed by atoms with Crippen LogP contribution in [0.4, 0.5) is 0 Å². The molecule has 0 saturated carbocycles. The smallest absolute Gasteiger partial charge is 0.0587 e. The first kappa shape index (κ1) is 15.5. The number of rotatable bonds is 7. The minimum Gasteiger partial charge on any atom is -0.383 e. The minimum atomic E-state index is 0.668. The van der Waals surface area contributed by atoms with Crippen LogP contribution in [0.25, 0.3) is 0 Å². The van der Waals surface area contributed by atoms with Gasteiger partial charge in [-0.1, -0.05) is 36.2 Å². The topological polar surface area (TPSA) is 24.5 Å². The monoisotopic (exact) mass is 276 g/mol. The number of likely N-dealkylation sites (tertiary alicyclic amines) is 1. The zero-order valence-electron chi connectivity index (χ0n) is 12.9. The summed E-state index contributed by atoms with van der Waals surface area (Å²) >= 11 is 0. The third-order valence-corrected chi connectivity index (χ3v) is 4.12. The summed E-state index contributed by atoms with van der Waals surface area (Å²) in [6.45, 7) is 7.28. The maximum absolute atomic E-state index is 5.09. The number of ether oxygens (including phenoxy) is 1. The Labute approximate surface area is 123 Å². The molecule has 1 N–H and O–H groups in total. The van der Waals surface area contributed by atoms with Crippen LogP contribution in [0.3, 0.4) is 0 Å². The van der Waals surface area contributed by atoms with Gasteiger partial charge in [-0.05, 0) is 31.9 Å². The maximum Gasteiger partial charge on any atom is 0.0587 e. The van der Waals surface area contributed by atoms with E-state index in [-0.39, 0.29) is 0 Å². The Bertz CT molecular complexity index is 377. The van der Waals surface area contributed by atoms with Gasteiger partial charge >= 0.3 is 0 Å². The molecule has 0 bridgehead atoms. The van der Waals surface area contributed by atoms with Crippen LogP contribution in [-0.4, -0.2) is 44.3 Å². The van der Waals surface area contributed by atoms with E-state index in [0.29, 0.717) is 6.04 Å². The van der Waals surface area contributed by atoms with E-state index in [1.165, 1.54) is 36.9 Å². The highest BCUT2D eigenvalue weighted by Gasteiger charge is 2.21. The predicted octanol–water partition coefficient (Wildman–Crippen LogP) is 2.59. The molecule has 3 heteroatoms. The zero-order valence-corrected chi connectivity index (χ0v) is 12.9. The Hall–Kier alpha value is -0.900. The first-order valence-electron chi connectivity index (χ1n) is 7.79. The van der Waals surface area contributed by atoms with Crippen molar-refractivity contribution in [2.45, 2.75) is 38.8 Å². The molecule has 1 aromatic rings. The Morgan fingerprint density at radius 3 is 2.80 bits per heavy atom. The highest BCUT2D eigenvalue weighted by molar-refractivity contribution is 5.21. The van der Waals surface area contributed by atoms with Crippen LogP contribution in [0.2, 0.25) is 0 Å². The summed E-state index contributed by atoms with van der Waals surface area (Å²) in [5, 5.41) is 3.51. The van der Waals surface area contributed by atoms with Gasteiger partial charge in [-0.25, -0.2) is 0 Å². The highest BCUT2D eigenvalue weighted by atomic mass is 16.5. The lowest BCUT2D eigenvalue weighted by atomic mass is 10.0. The molecule has 112 valence electrons. The van der Waals surface area contributed by atoms with E-state index in [0.717, 1.165) is 26.2 Å². The van der Waals surface area contributed by atoms with Crippen LogP contribution in [0.5, 0.6) is 0 Å². The van der Waals surface area contributed by atoms with Crippen molar-refractivity contribution in [3.63, 3.8) is 0 Å². The zero-order chi connectivity index (χ0) is 14.2. The first-order chi connectivity index (χ1) is 9.79. The molecular weight excluding hydrogens is 248 g/mol. The lowest BCUT2D eigenvalue weighted by Crippen LogP contribution is -2.45. The molecule has 0 radical (unpaired) electrons. The number of aryl methyl sites for hydroxylation is 1. The van der Waals surface area contributed by atoms with Crippen molar-refractivity contribution in [3.8, 4) is 0 Å². The van der Waals surface area contributed by atoms with Crippen LogP contribution < -0.4 is 5.32 Å². The van der Waals surface area contributed by atoms with Gasteiger partial charge in [-0.2, -0.15) is 0 Å². The summed E-state index contributed by atoms with van der Waals surface area (Å²) in [6.07, 6.45) is 4.01. The molecule has 1 unspecified atom stereocenters. The Morgan fingerprint density at radius 2 is 2.05 bits per heavy atom. The number of nitrogens with one attached hydrogen (secondary N) is 1. The van der Waals surface area contributed by atoms with E-state index >= 15 is 0 Å². The van der Waals surface area contributed by atoms with Crippen molar-refractivity contribution in [3.05, 3.63) is 35.4 Å². The van der Waals surface area contributed by atoms with Gasteiger partial charge in [0.15, 0.2) is 0 Å². The molecule has 0 spiro atoms. The fraction of sp³-hybridized carbons (Fsp3) is 0.647. The minimum absolute atomic E-state index is 0.668. The van der Waals surface area contributed by atoms with E-state index in [2.05, 4.69) is 41.4 Å². The van der Waals surface area contributed by atoms with Crippen molar-refractivity contribution in [2.75, 3.05) is 33.4 Å². The van der Waals surface area contributed by atoms with Gasteiger partial charge in [0.05, 0.1) is 6.61 Å². The second kappa shape index (κ2) is 8.40. The first-order valence-corrected chi connectivity index (χ1v) is 7.79. The fourth-order valence-corrected chi connectivity index (χ4v) is 2.87. The van der Waals surface area contributed by atoms with Gasteiger partial charge in [-0.15, -0.1) is 0 Å². The number of benzene rings is 1. The van der Waals surface area contributed by atoms with Gasteiger partial charge in [0.25, 0.3) is 0 Å². The van der Waals surface area contributed by atoms with E-state index in [1.807, 2.05) is 0 Å². The molecule has 2 rings (SSSR count). The van der Waals surface area contributed by atoms with Crippen molar-refractivity contribution in [2.24, 2.45) is 0 Å².